The van der Waals surface area contributed by atoms with Gasteiger partial charge in [0, 0.05) is 12.5 Å². The molecule has 15 heavy (non-hydrogen) atoms. The summed E-state index contributed by atoms with van der Waals surface area (Å²) >= 11 is 0. The standard InChI is InChI=1S/C10H13N5/c1-7-12-13-10-3-2-9(14-15(7)10)8-4-5-11-6-8/h2-3,8,11H,4-6H2,1H3. The minimum atomic E-state index is 0.538. The topological polar surface area (TPSA) is 55.1 Å². The lowest BCUT2D eigenvalue weighted by molar-refractivity contribution is 0.696. The van der Waals surface area contributed by atoms with Gasteiger partial charge in [-0.1, -0.05) is 0 Å². The first-order chi connectivity index (χ1) is 7.34. The highest BCUT2D eigenvalue weighted by Crippen LogP contribution is 2.20. The first kappa shape index (κ1) is 8.79. The van der Waals surface area contributed by atoms with Crippen LogP contribution in [0.2, 0.25) is 0 Å². The van der Waals surface area contributed by atoms with E-state index in [0.717, 1.165) is 30.3 Å². The Kier molecular flexibility index (Phi) is 1.92. The van der Waals surface area contributed by atoms with Gasteiger partial charge < -0.3 is 5.32 Å². The molecule has 0 bridgehead atoms. The predicted octanol–water partition coefficient (Wildman–Crippen LogP) is 0.510. The fourth-order valence-electron chi connectivity index (χ4n) is 2.04. The Hall–Kier alpha value is -1.49. The van der Waals surface area contributed by atoms with Crippen molar-refractivity contribution in [2.45, 2.75) is 19.3 Å². The molecule has 2 aromatic rings. The molecule has 5 heteroatoms. The molecule has 0 spiro atoms. The fraction of sp³-hybridized carbons (Fsp3) is 0.500. The molecule has 1 unspecified atom stereocenters. The molecule has 0 amide bonds. The van der Waals surface area contributed by atoms with Gasteiger partial charge in [0.05, 0.1) is 5.69 Å². The molecular formula is C10H13N5. The lowest BCUT2D eigenvalue weighted by Gasteiger charge is -2.07. The number of hydrogen-bond donors (Lipinski definition) is 1. The van der Waals surface area contributed by atoms with Crippen molar-refractivity contribution < 1.29 is 0 Å². The number of fused-ring (bicyclic) bond motifs is 1. The molecule has 1 aliphatic rings. The van der Waals surface area contributed by atoms with Gasteiger partial charge in [0.2, 0.25) is 0 Å². The average molecular weight is 203 g/mol. The van der Waals surface area contributed by atoms with Crippen LogP contribution in [0.3, 0.4) is 0 Å². The van der Waals surface area contributed by atoms with E-state index >= 15 is 0 Å². The first-order valence-electron chi connectivity index (χ1n) is 5.24. The SMILES string of the molecule is Cc1nnc2ccc(C3CCNC3)nn12. The Morgan fingerprint density at radius 2 is 2.33 bits per heavy atom. The summed E-state index contributed by atoms with van der Waals surface area (Å²) in [5.74, 6) is 1.38. The predicted molar refractivity (Wildman–Crippen MR) is 55.7 cm³/mol. The molecule has 1 fully saturated rings. The van der Waals surface area contributed by atoms with E-state index in [1.54, 1.807) is 0 Å². The minimum absolute atomic E-state index is 0.538. The Morgan fingerprint density at radius 1 is 1.40 bits per heavy atom. The number of aryl methyl sites for hydroxylation is 1. The van der Waals surface area contributed by atoms with Crippen LogP contribution in [0.25, 0.3) is 5.65 Å². The van der Waals surface area contributed by atoms with Crippen LogP contribution < -0.4 is 5.32 Å². The molecule has 3 rings (SSSR count). The second-order valence-electron chi connectivity index (χ2n) is 3.97. The molecule has 1 aliphatic heterocycles. The molecule has 0 aliphatic carbocycles. The van der Waals surface area contributed by atoms with E-state index in [0.29, 0.717) is 5.92 Å². The van der Waals surface area contributed by atoms with Gasteiger partial charge >= 0.3 is 0 Å². The van der Waals surface area contributed by atoms with Gasteiger partial charge in [-0.3, -0.25) is 0 Å². The van der Waals surface area contributed by atoms with E-state index in [2.05, 4.69) is 26.7 Å². The highest BCUT2D eigenvalue weighted by atomic mass is 15.4. The summed E-state index contributed by atoms with van der Waals surface area (Å²) in [5, 5.41) is 15.9. The lowest BCUT2D eigenvalue weighted by atomic mass is 10.1. The summed E-state index contributed by atoms with van der Waals surface area (Å²) in [6, 6.07) is 4.04. The van der Waals surface area contributed by atoms with Gasteiger partial charge in [0.25, 0.3) is 0 Å². The van der Waals surface area contributed by atoms with E-state index < -0.39 is 0 Å². The number of rotatable bonds is 1. The van der Waals surface area contributed by atoms with Crippen molar-refractivity contribution in [2.75, 3.05) is 13.1 Å². The van der Waals surface area contributed by atoms with E-state index in [4.69, 9.17) is 0 Å². The van der Waals surface area contributed by atoms with Crippen molar-refractivity contribution in [3.05, 3.63) is 23.7 Å². The van der Waals surface area contributed by atoms with Crippen LogP contribution in [0.5, 0.6) is 0 Å². The Morgan fingerprint density at radius 3 is 3.13 bits per heavy atom. The first-order valence-corrected chi connectivity index (χ1v) is 5.24. The maximum absolute atomic E-state index is 4.57. The highest BCUT2D eigenvalue weighted by molar-refractivity contribution is 5.36. The second kappa shape index (κ2) is 3.27. The number of hydrogen-bond acceptors (Lipinski definition) is 4. The normalized spacial score (nSPS) is 21.3. The Balaban J connectivity index is 2.08. The molecule has 1 saturated heterocycles. The Labute approximate surface area is 87.5 Å². The maximum atomic E-state index is 4.57. The fourth-order valence-corrected chi connectivity index (χ4v) is 2.04. The van der Waals surface area contributed by atoms with Crippen molar-refractivity contribution in [3.63, 3.8) is 0 Å². The van der Waals surface area contributed by atoms with Crippen LogP contribution in [0.15, 0.2) is 12.1 Å². The smallest absolute Gasteiger partial charge is 0.177 e. The van der Waals surface area contributed by atoms with Gasteiger partial charge in [-0.15, -0.1) is 10.2 Å². The molecule has 1 N–H and O–H groups in total. The Bertz CT molecular complexity index is 484. The van der Waals surface area contributed by atoms with E-state index in [1.807, 2.05) is 17.5 Å². The van der Waals surface area contributed by atoms with Gasteiger partial charge in [0.15, 0.2) is 11.5 Å². The molecule has 3 heterocycles. The van der Waals surface area contributed by atoms with E-state index in [9.17, 15) is 0 Å². The van der Waals surface area contributed by atoms with Gasteiger partial charge in [-0.05, 0) is 32.0 Å². The third-order valence-corrected chi connectivity index (χ3v) is 2.92. The summed E-state index contributed by atoms with van der Waals surface area (Å²) in [6.45, 7) is 4.04. The zero-order valence-electron chi connectivity index (χ0n) is 8.64. The summed E-state index contributed by atoms with van der Waals surface area (Å²) in [7, 11) is 0. The van der Waals surface area contributed by atoms with Crippen molar-refractivity contribution in [1.29, 1.82) is 0 Å². The largest absolute Gasteiger partial charge is 0.316 e. The molecule has 0 aromatic carbocycles. The van der Waals surface area contributed by atoms with E-state index in [-0.39, 0.29) is 0 Å². The lowest BCUT2D eigenvalue weighted by Crippen LogP contribution is -2.10. The molecule has 0 radical (unpaired) electrons. The van der Waals surface area contributed by atoms with Crippen LogP contribution in [-0.2, 0) is 0 Å². The van der Waals surface area contributed by atoms with Crippen molar-refractivity contribution in [1.82, 2.24) is 25.1 Å². The molecule has 0 saturated carbocycles. The molecule has 2 aromatic heterocycles. The number of aromatic nitrogens is 4. The number of nitrogens with one attached hydrogen (secondary N) is 1. The summed E-state index contributed by atoms with van der Waals surface area (Å²) in [5.41, 5.74) is 1.96. The second-order valence-corrected chi connectivity index (χ2v) is 3.97. The zero-order chi connectivity index (χ0) is 10.3. The maximum Gasteiger partial charge on any atom is 0.177 e. The van der Waals surface area contributed by atoms with Crippen LogP contribution in [-0.4, -0.2) is 32.9 Å². The average Bonchev–Trinajstić information content (AvgIpc) is 2.88. The van der Waals surface area contributed by atoms with Crippen molar-refractivity contribution in [2.24, 2.45) is 0 Å². The summed E-state index contributed by atoms with van der Waals surface area (Å²) < 4.78 is 1.81. The van der Waals surface area contributed by atoms with E-state index in [1.165, 1.54) is 6.42 Å². The third kappa shape index (κ3) is 1.39. The highest BCUT2D eigenvalue weighted by Gasteiger charge is 2.18. The summed E-state index contributed by atoms with van der Waals surface area (Å²) in [6.07, 6.45) is 1.17. The van der Waals surface area contributed by atoms with Crippen LogP contribution in [0.1, 0.15) is 23.9 Å². The molecular weight excluding hydrogens is 190 g/mol. The van der Waals surface area contributed by atoms with Gasteiger partial charge in [0.1, 0.15) is 0 Å². The van der Waals surface area contributed by atoms with Crippen LogP contribution in [0, 0.1) is 6.92 Å². The summed E-state index contributed by atoms with van der Waals surface area (Å²) in [4.78, 5) is 0. The molecule has 5 nitrogen and oxygen atoms in total. The van der Waals surface area contributed by atoms with Crippen molar-refractivity contribution in [3.8, 4) is 0 Å². The number of nitrogens with zero attached hydrogens (tertiary/aromatic N) is 4. The molecule has 1 atom stereocenters. The zero-order valence-corrected chi connectivity index (χ0v) is 8.64. The van der Waals surface area contributed by atoms with Gasteiger partial charge in [-0.25, -0.2) is 0 Å². The van der Waals surface area contributed by atoms with Crippen LogP contribution >= 0.6 is 0 Å². The monoisotopic (exact) mass is 203 g/mol. The molecule has 78 valence electrons. The van der Waals surface area contributed by atoms with Crippen LogP contribution in [0.4, 0.5) is 0 Å². The third-order valence-electron chi connectivity index (χ3n) is 2.92. The minimum Gasteiger partial charge on any atom is -0.316 e. The van der Waals surface area contributed by atoms with Crippen molar-refractivity contribution >= 4 is 5.65 Å². The quantitative estimate of drug-likeness (QED) is 0.733. The van der Waals surface area contributed by atoms with Gasteiger partial charge in [-0.2, -0.15) is 9.61 Å².